The van der Waals surface area contributed by atoms with E-state index in [2.05, 4.69) is 15.3 Å². The van der Waals surface area contributed by atoms with Crippen molar-refractivity contribution in [1.29, 1.82) is 0 Å². The van der Waals surface area contributed by atoms with Crippen LogP contribution in [0.4, 0.5) is 5.69 Å². The Morgan fingerprint density at radius 2 is 1.81 bits per heavy atom. The van der Waals surface area contributed by atoms with Gasteiger partial charge < -0.3 is 15.2 Å². The average molecular weight is 429 g/mol. The molecule has 31 heavy (non-hydrogen) atoms. The number of hydrogen-bond acceptors (Lipinski definition) is 3. The van der Waals surface area contributed by atoms with Crippen LogP contribution in [-0.2, 0) is 13.1 Å². The number of aromatic amines is 1. The smallest absolute Gasteiger partial charge is 0.253 e. The summed E-state index contributed by atoms with van der Waals surface area (Å²) in [5.74, 6) is 0. The van der Waals surface area contributed by atoms with Crippen molar-refractivity contribution >= 4 is 33.9 Å². The topological polar surface area (TPSA) is 61.0 Å². The maximum atomic E-state index is 12.8. The van der Waals surface area contributed by atoms with Gasteiger partial charge in [-0.1, -0.05) is 35.9 Å². The third-order valence-electron chi connectivity index (χ3n) is 5.13. The third kappa shape index (κ3) is 5.16. The molecule has 5 nitrogen and oxygen atoms in total. The van der Waals surface area contributed by atoms with Crippen molar-refractivity contribution in [3.8, 4) is 0 Å². The fourth-order valence-corrected chi connectivity index (χ4v) is 3.68. The molecule has 4 aromatic rings. The van der Waals surface area contributed by atoms with Gasteiger partial charge in [0.05, 0.1) is 6.54 Å². The fourth-order valence-electron chi connectivity index (χ4n) is 3.43. The van der Waals surface area contributed by atoms with Gasteiger partial charge in [0, 0.05) is 35.7 Å². The second kappa shape index (κ2) is 9.10. The van der Waals surface area contributed by atoms with Crippen molar-refractivity contribution in [3.63, 3.8) is 0 Å². The summed E-state index contributed by atoms with van der Waals surface area (Å²) in [5.41, 5.74) is 5.62. The zero-order valence-electron chi connectivity index (χ0n) is 17.6. The van der Waals surface area contributed by atoms with Crippen LogP contribution in [0.2, 0.25) is 0 Å². The van der Waals surface area contributed by atoms with E-state index in [0.29, 0.717) is 23.8 Å². The number of aryl methyl sites for hydroxylation is 2. The molecule has 0 unspecified atom stereocenters. The molecule has 0 spiro atoms. The van der Waals surface area contributed by atoms with E-state index in [4.69, 9.17) is 12.2 Å². The van der Waals surface area contributed by atoms with Gasteiger partial charge in [0.15, 0.2) is 5.11 Å². The van der Waals surface area contributed by atoms with Crippen LogP contribution in [0, 0.1) is 13.8 Å². The number of thiocarbonyl (C=S) groups is 1. The lowest BCUT2D eigenvalue weighted by Gasteiger charge is -2.26. The summed E-state index contributed by atoms with van der Waals surface area (Å²) in [7, 11) is 0. The summed E-state index contributed by atoms with van der Waals surface area (Å²) in [6, 6.07) is 20.0. The molecule has 4 rings (SSSR count). The summed E-state index contributed by atoms with van der Waals surface area (Å²) in [5, 5.41) is 4.85. The third-order valence-corrected chi connectivity index (χ3v) is 5.49. The minimum absolute atomic E-state index is 0.104. The van der Waals surface area contributed by atoms with Crippen LogP contribution >= 0.6 is 12.2 Å². The van der Waals surface area contributed by atoms with Gasteiger partial charge in [0.1, 0.15) is 0 Å². The number of nitrogens with zero attached hydrogens (tertiary/aromatic N) is 2. The minimum atomic E-state index is -0.104. The molecule has 2 aromatic carbocycles. The van der Waals surface area contributed by atoms with Crippen LogP contribution in [0.1, 0.15) is 22.3 Å². The summed E-state index contributed by atoms with van der Waals surface area (Å²) < 4.78 is 0. The van der Waals surface area contributed by atoms with Crippen LogP contribution in [0.3, 0.4) is 0 Å². The number of pyridine rings is 2. The molecule has 0 aliphatic carbocycles. The zero-order valence-corrected chi connectivity index (χ0v) is 18.4. The molecule has 0 amide bonds. The molecule has 156 valence electrons. The molecule has 0 aliphatic heterocycles. The first-order chi connectivity index (χ1) is 15.0. The summed E-state index contributed by atoms with van der Waals surface area (Å²) in [4.78, 5) is 22.0. The van der Waals surface area contributed by atoms with Crippen molar-refractivity contribution in [3.05, 3.63) is 106 Å². The molecule has 2 aromatic heterocycles. The molecule has 0 saturated carbocycles. The van der Waals surface area contributed by atoms with Gasteiger partial charge in [-0.15, -0.1) is 0 Å². The zero-order chi connectivity index (χ0) is 21.8. The van der Waals surface area contributed by atoms with E-state index in [1.165, 1.54) is 5.56 Å². The van der Waals surface area contributed by atoms with E-state index in [9.17, 15) is 4.79 Å². The monoisotopic (exact) mass is 428 g/mol. The number of aromatic nitrogens is 2. The first kappa shape index (κ1) is 20.8. The van der Waals surface area contributed by atoms with Crippen molar-refractivity contribution in [2.75, 3.05) is 5.32 Å². The predicted octanol–water partition coefficient (Wildman–Crippen LogP) is 4.94. The van der Waals surface area contributed by atoms with Gasteiger partial charge in [-0.25, -0.2) is 0 Å². The Labute approximate surface area is 186 Å². The van der Waals surface area contributed by atoms with E-state index >= 15 is 0 Å². The number of H-pyrrole nitrogens is 1. The molecule has 0 aliphatic rings. The number of benzene rings is 2. The summed E-state index contributed by atoms with van der Waals surface area (Å²) >= 11 is 5.73. The number of anilines is 1. The highest BCUT2D eigenvalue weighted by Crippen LogP contribution is 2.17. The van der Waals surface area contributed by atoms with Crippen molar-refractivity contribution in [2.45, 2.75) is 26.9 Å². The number of rotatable bonds is 5. The average Bonchev–Trinajstić information content (AvgIpc) is 2.76. The Kier molecular flexibility index (Phi) is 6.09. The molecule has 0 saturated heterocycles. The predicted molar refractivity (Wildman–Crippen MR) is 130 cm³/mol. The maximum Gasteiger partial charge on any atom is 0.253 e. The molecular formula is C25H24N4OS. The summed E-state index contributed by atoms with van der Waals surface area (Å²) in [6.45, 7) is 4.98. The normalized spacial score (nSPS) is 10.8. The van der Waals surface area contributed by atoms with E-state index in [1.54, 1.807) is 6.20 Å². The highest BCUT2D eigenvalue weighted by atomic mass is 32.1. The Bertz CT molecular complexity index is 1270. The Morgan fingerprint density at radius 1 is 1.03 bits per heavy atom. The molecule has 0 fully saturated rings. The summed E-state index contributed by atoms with van der Waals surface area (Å²) in [6.07, 6.45) is 3.56. The number of hydrogen-bond donors (Lipinski definition) is 2. The van der Waals surface area contributed by atoms with Crippen molar-refractivity contribution in [2.24, 2.45) is 0 Å². The molecule has 6 heteroatoms. The highest BCUT2D eigenvalue weighted by Gasteiger charge is 2.15. The van der Waals surface area contributed by atoms with E-state index < -0.39 is 0 Å². The first-order valence-corrected chi connectivity index (χ1v) is 10.5. The Morgan fingerprint density at radius 3 is 2.55 bits per heavy atom. The van der Waals surface area contributed by atoms with Crippen LogP contribution < -0.4 is 10.9 Å². The van der Waals surface area contributed by atoms with Gasteiger partial charge in [-0.3, -0.25) is 9.78 Å². The molecule has 2 N–H and O–H groups in total. The van der Waals surface area contributed by atoms with Crippen molar-refractivity contribution < 1.29 is 0 Å². The second-order valence-corrected chi connectivity index (χ2v) is 8.11. The van der Waals surface area contributed by atoms with Crippen LogP contribution in [-0.4, -0.2) is 20.0 Å². The van der Waals surface area contributed by atoms with Gasteiger partial charge in [-0.2, -0.15) is 0 Å². The largest absolute Gasteiger partial charge is 0.340 e. The molecule has 0 radical (unpaired) electrons. The van der Waals surface area contributed by atoms with E-state index in [1.807, 2.05) is 85.6 Å². The first-order valence-electron chi connectivity index (χ1n) is 10.1. The maximum absolute atomic E-state index is 12.8. The van der Waals surface area contributed by atoms with E-state index in [-0.39, 0.29) is 5.56 Å². The quantitative estimate of drug-likeness (QED) is 0.441. The van der Waals surface area contributed by atoms with E-state index in [0.717, 1.165) is 27.7 Å². The fraction of sp³-hybridized carbons (Fsp3) is 0.160. The number of fused-ring (bicyclic) bond motifs is 1. The second-order valence-electron chi connectivity index (χ2n) is 7.73. The molecule has 0 bridgehead atoms. The van der Waals surface area contributed by atoms with Crippen LogP contribution in [0.25, 0.3) is 10.9 Å². The number of nitrogens with one attached hydrogen (secondary N) is 2. The van der Waals surface area contributed by atoms with Crippen molar-refractivity contribution in [1.82, 2.24) is 14.9 Å². The SMILES string of the molecule is Cc1ccc(NC(=S)N(Cc2cccnc2)Cc2cc3ccc(C)cc3[nH]c2=O)cc1. The van der Waals surface area contributed by atoms with Crippen LogP contribution in [0.15, 0.2) is 77.9 Å². The lowest BCUT2D eigenvalue weighted by atomic mass is 10.1. The minimum Gasteiger partial charge on any atom is -0.340 e. The van der Waals surface area contributed by atoms with Gasteiger partial charge >= 0.3 is 0 Å². The van der Waals surface area contributed by atoms with Gasteiger partial charge in [0.2, 0.25) is 0 Å². The lowest BCUT2D eigenvalue weighted by Crippen LogP contribution is -2.35. The van der Waals surface area contributed by atoms with Crippen LogP contribution in [0.5, 0.6) is 0 Å². The van der Waals surface area contributed by atoms with Gasteiger partial charge in [0.25, 0.3) is 5.56 Å². The van der Waals surface area contributed by atoms with Gasteiger partial charge in [-0.05, 0) is 72.9 Å². The standard InChI is InChI=1S/C25H24N4OS/c1-17-6-9-22(10-7-17)27-25(31)29(15-19-4-3-11-26-14-19)16-21-13-20-8-5-18(2)12-23(20)28-24(21)30/h3-14H,15-16H2,1-2H3,(H,27,31)(H,28,30). The Hall–Kier alpha value is -3.51. The molecular weight excluding hydrogens is 404 g/mol. The Balaban J connectivity index is 1.63. The molecule has 2 heterocycles. The molecule has 0 atom stereocenters. The lowest BCUT2D eigenvalue weighted by molar-refractivity contribution is 0.410. The highest BCUT2D eigenvalue weighted by molar-refractivity contribution is 7.80.